The largest absolute Gasteiger partial charge is 0.465 e. The van der Waals surface area contributed by atoms with E-state index in [0.717, 1.165) is 11.3 Å². The van der Waals surface area contributed by atoms with Crippen molar-refractivity contribution in [2.24, 2.45) is 0 Å². The Morgan fingerprint density at radius 2 is 1.83 bits per heavy atom. The van der Waals surface area contributed by atoms with Gasteiger partial charge in [0.05, 0.1) is 11.1 Å². The summed E-state index contributed by atoms with van der Waals surface area (Å²) in [5.41, 5.74) is 0. The van der Waals surface area contributed by atoms with Crippen molar-refractivity contribution in [1.29, 1.82) is 0 Å². The van der Waals surface area contributed by atoms with E-state index < -0.39 is 15.9 Å². The Morgan fingerprint density at radius 1 is 1.17 bits per heavy atom. The highest BCUT2D eigenvalue weighted by Crippen LogP contribution is 2.30. The van der Waals surface area contributed by atoms with Gasteiger partial charge in [0.15, 0.2) is 5.13 Å². The first-order chi connectivity index (χ1) is 11.0. The number of sulfone groups is 1. The molecule has 1 aliphatic rings. The van der Waals surface area contributed by atoms with E-state index in [0.29, 0.717) is 31.3 Å². The number of thiazole rings is 1. The summed E-state index contributed by atoms with van der Waals surface area (Å²) in [7, 11) is -3.60. The lowest BCUT2D eigenvalue weighted by atomic mass is 10.3. The molecule has 0 atom stereocenters. The van der Waals surface area contributed by atoms with Crippen molar-refractivity contribution in [3.8, 4) is 0 Å². The number of rotatable bonds is 3. The molecule has 0 radical (unpaired) electrons. The van der Waals surface area contributed by atoms with E-state index in [1.807, 2.05) is 4.90 Å². The Kier molecular flexibility index (Phi) is 4.18. The van der Waals surface area contributed by atoms with Gasteiger partial charge < -0.3 is 14.9 Å². The zero-order valence-electron chi connectivity index (χ0n) is 12.0. The number of amides is 1. The molecule has 3 heterocycles. The van der Waals surface area contributed by atoms with E-state index in [4.69, 9.17) is 5.11 Å². The van der Waals surface area contributed by atoms with Crippen molar-refractivity contribution in [2.75, 3.05) is 31.1 Å². The number of carbonyl (C=O) groups is 1. The van der Waals surface area contributed by atoms with Crippen LogP contribution in [-0.2, 0) is 9.84 Å². The van der Waals surface area contributed by atoms with Crippen LogP contribution >= 0.6 is 11.3 Å². The normalized spacial score (nSPS) is 15.7. The van der Waals surface area contributed by atoms with Crippen LogP contribution in [0.25, 0.3) is 0 Å². The zero-order chi connectivity index (χ0) is 16.4. The van der Waals surface area contributed by atoms with Gasteiger partial charge in [0, 0.05) is 38.6 Å². The molecule has 1 aliphatic heterocycles. The smallest absolute Gasteiger partial charge is 0.407 e. The molecule has 1 N–H and O–H groups in total. The first-order valence-electron chi connectivity index (χ1n) is 6.82. The van der Waals surface area contributed by atoms with Gasteiger partial charge in [-0.05, 0) is 12.1 Å². The van der Waals surface area contributed by atoms with Crippen LogP contribution in [0.5, 0.6) is 0 Å². The van der Waals surface area contributed by atoms with Crippen molar-refractivity contribution < 1.29 is 18.3 Å². The monoisotopic (exact) mass is 354 g/mol. The van der Waals surface area contributed by atoms with E-state index in [-0.39, 0.29) is 9.10 Å². The average molecular weight is 354 g/mol. The van der Waals surface area contributed by atoms with Crippen molar-refractivity contribution in [2.45, 2.75) is 9.10 Å². The fourth-order valence-electron chi connectivity index (χ4n) is 2.24. The summed E-state index contributed by atoms with van der Waals surface area (Å²) in [4.78, 5) is 22.3. The summed E-state index contributed by atoms with van der Waals surface area (Å²) in [5.74, 6) is 0. The van der Waals surface area contributed by atoms with E-state index in [9.17, 15) is 13.2 Å². The van der Waals surface area contributed by atoms with Crippen LogP contribution in [-0.4, -0.2) is 60.7 Å². The summed E-state index contributed by atoms with van der Waals surface area (Å²) in [6.45, 7) is 1.74. The van der Waals surface area contributed by atoms with Crippen molar-refractivity contribution in [3.63, 3.8) is 0 Å². The van der Waals surface area contributed by atoms with Crippen molar-refractivity contribution in [3.05, 3.63) is 30.7 Å². The second-order valence-corrected chi connectivity index (χ2v) is 8.09. The molecule has 122 valence electrons. The van der Waals surface area contributed by atoms with Gasteiger partial charge >= 0.3 is 6.09 Å². The number of carboxylic acid groups (broad SMARTS) is 1. The number of anilines is 1. The quantitative estimate of drug-likeness (QED) is 0.882. The molecule has 0 saturated carbocycles. The zero-order valence-corrected chi connectivity index (χ0v) is 13.6. The van der Waals surface area contributed by atoms with Crippen LogP contribution < -0.4 is 4.90 Å². The molecule has 1 saturated heterocycles. The van der Waals surface area contributed by atoms with Gasteiger partial charge in [-0.1, -0.05) is 11.3 Å². The third-order valence-electron chi connectivity index (χ3n) is 3.52. The molecular formula is C13H14N4O4S2. The first-order valence-corrected chi connectivity index (χ1v) is 9.12. The van der Waals surface area contributed by atoms with Gasteiger partial charge in [0.2, 0.25) is 9.84 Å². The lowest BCUT2D eigenvalue weighted by Crippen LogP contribution is -2.48. The predicted molar refractivity (Wildman–Crippen MR) is 83.6 cm³/mol. The summed E-state index contributed by atoms with van der Waals surface area (Å²) in [6, 6.07) is 2.89. The second kappa shape index (κ2) is 6.13. The van der Waals surface area contributed by atoms with Gasteiger partial charge in [0.1, 0.15) is 4.21 Å². The van der Waals surface area contributed by atoms with Gasteiger partial charge in [-0.25, -0.2) is 18.2 Å². The molecule has 1 amide bonds. The topological polar surface area (TPSA) is 104 Å². The highest BCUT2D eigenvalue weighted by molar-refractivity contribution is 7.93. The molecule has 2 aromatic heterocycles. The first kappa shape index (κ1) is 15.7. The maximum Gasteiger partial charge on any atom is 0.407 e. The van der Waals surface area contributed by atoms with Crippen LogP contribution in [0.2, 0.25) is 0 Å². The molecule has 1 fully saturated rings. The van der Waals surface area contributed by atoms with E-state index in [1.165, 1.54) is 35.6 Å². The average Bonchev–Trinajstić information content (AvgIpc) is 3.06. The molecule has 0 spiro atoms. The Bertz CT molecular complexity index is 798. The van der Waals surface area contributed by atoms with Crippen molar-refractivity contribution in [1.82, 2.24) is 14.9 Å². The number of nitrogens with zero attached hydrogens (tertiary/aromatic N) is 4. The van der Waals surface area contributed by atoms with Gasteiger partial charge in [-0.15, -0.1) is 0 Å². The SMILES string of the molecule is O=C(O)N1CCN(c2ncc(S(=O)(=O)c3ccncc3)s2)CC1. The number of hydrogen-bond acceptors (Lipinski definition) is 7. The molecule has 8 nitrogen and oxygen atoms in total. The lowest BCUT2D eigenvalue weighted by molar-refractivity contribution is 0.142. The third-order valence-corrected chi connectivity index (χ3v) is 6.81. The Hall–Kier alpha value is -2.20. The van der Waals surface area contributed by atoms with Crippen molar-refractivity contribution >= 4 is 32.4 Å². The molecule has 0 aromatic carbocycles. The molecule has 2 aromatic rings. The lowest BCUT2D eigenvalue weighted by Gasteiger charge is -2.32. The van der Waals surface area contributed by atoms with Crippen LogP contribution in [0, 0.1) is 0 Å². The summed E-state index contributed by atoms with van der Waals surface area (Å²) < 4.78 is 25.2. The third kappa shape index (κ3) is 3.13. The molecule has 0 bridgehead atoms. The molecule has 3 rings (SSSR count). The maximum atomic E-state index is 12.5. The highest BCUT2D eigenvalue weighted by atomic mass is 32.2. The van der Waals surface area contributed by atoms with E-state index in [2.05, 4.69) is 9.97 Å². The number of hydrogen-bond donors (Lipinski definition) is 1. The minimum absolute atomic E-state index is 0.166. The Balaban J connectivity index is 1.78. The van der Waals surface area contributed by atoms with Crippen LogP contribution in [0.3, 0.4) is 0 Å². The number of pyridine rings is 1. The Labute approximate surface area is 136 Å². The van der Waals surface area contributed by atoms with E-state index >= 15 is 0 Å². The summed E-state index contributed by atoms with van der Waals surface area (Å²) in [5, 5.41) is 9.53. The summed E-state index contributed by atoms with van der Waals surface area (Å²) >= 11 is 1.09. The molecule has 0 unspecified atom stereocenters. The second-order valence-electron chi connectivity index (χ2n) is 4.90. The molecule has 0 aliphatic carbocycles. The van der Waals surface area contributed by atoms with Crippen LogP contribution in [0.1, 0.15) is 0 Å². The maximum absolute atomic E-state index is 12.5. The number of piperazine rings is 1. The number of aromatic nitrogens is 2. The standard InChI is InChI=1S/C13H14N4O4S2/c18-13(19)17-7-5-16(6-8-17)12-15-9-11(22-12)23(20,21)10-1-3-14-4-2-10/h1-4,9H,5-8H2,(H,18,19). The van der Waals surface area contributed by atoms with E-state index in [1.54, 1.807) is 0 Å². The van der Waals surface area contributed by atoms with Gasteiger partial charge in [0.25, 0.3) is 0 Å². The highest BCUT2D eigenvalue weighted by Gasteiger charge is 2.25. The molecule has 23 heavy (non-hydrogen) atoms. The summed E-state index contributed by atoms with van der Waals surface area (Å²) in [6.07, 6.45) is 3.27. The predicted octanol–water partition coefficient (Wildman–Crippen LogP) is 1.17. The van der Waals surface area contributed by atoms with Gasteiger partial charge in [-0.2, -0.15) is 0 Å². The minimum Gasteiger partial charge on any atom is -0.465 e. The van der Waals surface area contributed by atoms with Gasteiger partial charge in [-0.3, -0.25) is 4.98 Å². The fraction of sp³-hybridized carbons (Fsp3) is 0.308. The Morgan fingerprint density at radius 3 is 2.43 bits per heavy atom. The minimum atomic E-state index is -3.60. The van der Waals surface area contributed by atoms with Crippen LogP contribution in [0.15, 0.2) is 39.8 Å². The molecular weight excluding hydrogens is 340 g/mol. The fourth-order valence-corrected chi connectivity index (χ4v) is 4.80. The molecule has 10 heteroatoms. The van der Waals surface area contributed by atoms with Crippen LogP contribution in [0.4, 0.5) is 9.93 Å².